The van der Waals surface area contributed by atoms with Gasteiger partial charge in [0.2, 0.25) is 0 Å². The molecule has 0 spiro atoms. The first-order valence-electron chi connectivity index (χ1n) is 8.94. The van der Waals surface area contributed by atoms with E-state index in [0.717, 1.165) is 27.8 Å². The highest BCUT2D eigenvalue weighted by atomic mass is 35.5. The topological polar surface area (TPSA) is 184 Å². The lowest BCUT2D eigenvalue weighted by molar-refractivity contribution is -0.155. The third-order valence-electron chi connectivity index (χ3n) is 4.74. The van der Waals surface area contributed by atoms with Crippen molar-refractivity contribution in [3.05, 3.63) is 26.5 Å². The van der Waals surface area contributed by atoms with Gasteiger partial charge in [0.15, 0.2) is 15.2 Å². The first-order valence-corrected chi connectivity index (χ1v) is 11.7. The third-order valence-corrected chi connectivity index (χ3v) is 7.81. The van der Waals surface area contributed by atoms with Crippen molar-refractivity contribution in [2.24, 2.45) is 5.16 Å². The van der Waals surface area contributed by atoms with Gasteiger partial charge in [-0.3, -0.25) is 14.5 Å². The molecule has 4 heterocycles. The van der Waals surface area contributed by atoms with Crippen LogP contribution in [0.4, 0.5) is 5.13 Å². The van der Waals surface area contributed by atoms with Crippen LogP contribution in [0.5, 0.6) is 0 Å². The van der Waals surface area contributed by atoms with Gasteiger partial charge in [-0.15, -0.1) is 0 Å². The van der Waals surface area contributed by atoms with Gasteiger partial charge in [-0.1, -0.05) is 39.9 Å². The van der Waals surface area contributed by atoms with Crippen LogP contribution in [0.2, 0.25) is 4.34 Å². The van der Waals surface area contributed by atoms with Gasteiger partial charge in [-0.05, 0) is 31.3 Å². The molecule has 2 aromatic heterocycles. The maximum atomic E-state index is 12.8. The maximum Gasteiger partial charge on any atom is 0.353 e. The van der Waals surface area contributed by atoms with Gasteiger partial charge in [0.1, 0.15) is 27.6 Å². The van der Waals surface area contributed by atoms with E-state index in [9.17, 15) is 24.7 Å². The number of halogens is 1. The predicted molar refractivity (Wildman–Crippen MR) is 117 cm³/mol. The minimum Gasteiger partial charge on any atom is -0.477 e. The van der Waals surface area contributed by atoms with E-state index in [1.54, 1.807) is 6.92 Å². The fraction of sp³-hybridized carbons (Fsp3) is 0.312. The Balaban J connectivity index is 1.53. The van der Waals surface area contributed by atoms with E-state index in [1.165, 1.54) is 11.8 Å². The summed E-state index contributed by atoms with van der Waals surface area (Å²) >= 11 is 9.18. The number of fused-ring (bicyclic) bond motifs is 1. The molecule has 0 bridgehead atoms. The summed E-state index contributed by atoms with van der Waals surface area (Å²) in [6.45, 7) is 1.73. The summed E-state index contributed by atoms with van der Waals surface area (Å²) in [6.07, 6.45) is 0.796. The summed E-state index contributed by atoms with van der Waals surface area (Å²) in [7, 11) is 0. The Kier molecular flexibility index (Phi) is 6.07. The maximum absolute atomic E-state index is 12.8. The van der Waals surface area contributed by atoms with E-state index in [1.807, 2.05) is 0 Å². The van der Waals surface area contributed by atoms with E-state index >= 15 is 0 Å². The second kappa shape index (κ2) is 8.65. The molecule has 2 amide bonds. The first-order chi connectivity index (χ1) is 15.2. The van der Waals surface area contributed by atoms with Crippen molar-refractivity contribution in [2.45, 2.75) is 36.2 Å². The van der Waals surface area contributed by atoms with Crippen molar-refractivity contribution in [2.75, 3.05) is 5.73 Å². The Morgan fingerprint density at radius 2 is 2.16 bits per heavy atom. The second-order valence-electron chi connectivity index (χ2n) is 6.67. The number of allylic oxidation sites excluding steroid dienone is 1. The summed E-state index contributed by atoms with van der Waals surface area (Å²) in [5.41, 5.74) is 4.81. The number of oxime groups is 1. The van der Waals surface area contributed by atoms with Crippen LogP contribution in [-0.4, -0.2) is 65.1 Å². The summed E-state index contributed by atoms with van der Waals surface area (Å²) < 4.78 is 4.71. The number of nitrogens with one attached hydrogen (secondary N) is 1. The summed E-state index contributed by atoms with van der Waals surface area (Å²) in [5.74, 6) is -2.15. The molecule has 4 rings (SSSR count). The van der Waals surface area contributed by atoms with Gasteiger partial charge < -0.3 is 21.4 Å². The number of aryl methyl sites for hydroxylation is 1. The molecular formula is C16H14ClN7O5S3. The van der Waals surface area contributed by atoms with Crippen LogP contribution in [0.25, 0.3) is 0 Å². The standard InChI is InChI=1S/C16H14ClN7O5S3/c1-4-19-16(32-23-4)30-6-3-2-5-7(13(26)24(5)10(6)14(27)28)20-12(25)9(22-29)8-11(17)31-15(18)21-8/h5,7,29H,2-3H2,1H3,(H2,18,21)(H,20,25)(H,27,28)/b22-9-. The zero-order valence-electron chi connectivity index (χ0n) is 16.1. The van der Waals surface area contributed by atoms with Gasteiger partial charge >= 0.3 is 5.97 Å². The number of hydrogen-bond donors (Lipinski definition) is 4. The van der Waals surface area contributed by atoms with E-state index < -0.39 is 35.6 Å². The molecule has 2 aliphatic heterocycles. The molecule has 0 saturated carbocycles. The zero-order valence-corrected chi connectivity index (χ0v) is 19.3. The number of nitrogens with two attached hydrogens (primary N) is 1. The summed E-state index contributed by atoms with van der Waals surface area (Å²) in [5, 5.41) is 24.5. The Morgan fingerprint density at radius 3 is 2.72 bits per heavy atom. The average molecular weight is 516 g/mol. The van der Waals surface area contributed by atoms with Crippen molar-refractivity contribution < 1.29 is 24.7 Å². The molecule has 16 heteroatoms. The molecule has 5 N–H and O–H groups in total. The lowest BCUT2D eigenvalue weighted by Gasteiger charge is -2.49. The van der Waals surface area contributed by atoms with Gasteiger partial charge in [0, 0.05) is 4.91 Å². The van der Waals surface area contributed by atoms with E-state index in [-0.39, 0.29) is 20.9 Å². The molecule has 12 nitrogen and oxygen atoms in total. The highest BCUT2D eigenvalue weighted by Crippen LogP contribution is 2.43. The number of carboxylic acid groups (broad SMARTS) is 1. The smallest absolute Gasteiger partial charge is 0.353 e. The number of nitrogens with zero attached hydrogens (tertiary/aromatic N) is 5. The molecule has 2 aliphatic rings. The lowest BCUT2D eigenvalue weighted by Crippen LogP contribution is -2.72. The number of nitrogen functional groups attached to an aromatic ring is 1. The quantitative estimate of drug-likeness (QED) is 0.189. The average Bonchev–Trinajstić information content (AvgIpc) is 3.30. The van der Waals surface area contributed by atoms with Gasteiger partial charge in [-0.25, -0.2) is 14.8 Å². The fourth-order valence-electron chi connectivity index (χ4n) is 3.43. The number of anilines is 1. The van der Waals surface area contributed by atoms with Crippen LogP contribution in [0.15, 0.2) is 20.1 Å². The Labute approximate surface area is 197 Å². The monoisotopic (exact) mass is 515 g/mol. The molecule has 0 aliphatic carbocycles. The molecule has 2 unspecified atom stereocenters. The van der Waals surface area contributed by atoms with E-state index in [4.69, 9.17) is 17.3 Å². The van der Waals surface area contributed by atoms with Crippen molar-refractivity contribution in [3.63, 3.8) is 0 Å². The van der Waals surface area contributed by atoms with Crippen LogP contribution in [0, 0.1) is 6.92 Å². The van der Waals surface area contributed by atoms with Gasteiger partial charge in [0.05, 0.1) is 6.04 Å². The largest absolute Gasteiger partial charge is 0.477 e. The molecule has 0 radical (unpaired) electrons. The molecular weight excluding hydrogens is 502 g/mol. The number of carbonyl (C=O) groups is 3. The van der Waals surface area contributed by atoms with Crippen LogP contribution in [0.3, 0.4) is 0 Å². The van der Waals surface area contributed by atoms with Gasteiger partial charge in [0.25, 0.3) is 11.8 Å². The molecule has 1 saturated heterocycles. The Morgan fingerprint density at radius 1 is 1.41 bits per heavy atom. The Hall–Kier alpha value is -2.75. The van der Waals surface area contributed by atoms with Gasteiger partial charge in [-0.2, -0.15) is 4.37 Å². The molecule has 1 fully saturated rings. The SMILES string of the molecule is Cc1nsc(SC2=C(C(=O)O)N3C(=O)C(NC(=O)/C(=N\O)c4nc(N)sc4Cl)C3CC2)n1. The number of thioether (sulfide) groups is 1. The second-order valence-corrected chi connectivity index (χ2v) is 10.4. The molecule has 2 aromatic rings. The first kappa shape index (κ1) is 22.4. The van der Waals surface area contributed by atoms with Crippen LogP contribution >= 0.6 is 46.2 Å². The fourth-order valence-corrected chi connectivity index (χ4v) is 6.23. The molecule has 168 valence electrons. The minimum absolute atomic E-state index is 0.0503. The number of thiazole rings is 1. The highest BCUT2D eigenvalue weighted by Gasteiger charge is 2.54. The third kappa shape index (κ3) is 3.92. The normalized spacial score (nSPS) is 20.8. The minimum atomic E-state index is -1.25. The molecule has 32 heavy (non-hydrogen) atoms. The number of rotatable bonds is 6. The lowest BCUT2D eigenvalue weighted by atomic mass is 9.86. The summed E-state index contributed by atoms with van der Waals surface area (Å²) in [4.78, 5) is 47.1. The Bertz CT molecular complexity index is 1190. The highest BCUT2D eigenvalue weighted by molar-refractivity contribution is 8.04. The van der Waals surface area contributed by atoms with Crippen LogP contribution < -0.4 is 11.1 Å². The number of aromatic nitrogens is 3. The molecule has 2 atom stereocenters. The van der Waals surface area contributed by atoms with Crippen molar-refractivity contribution >= 4 is 74.9 Å². The van der Waals surface area contributed by atoms with E-state index in [2.05, 4.69) is 24.8 Å². The summed E-state index contributed by atoms with van der Waals surface area (Å²) in [6, 6.07) is -1.55. The predicted octanol–water partition coefficient (Wildman–Crippen LogP) is 1.29. The molecule has 0 aromatic carbocycles. The van der Waals surface area contributed by atoms with Crippen molar-refractivity contribution in [3.8, 4) is 0 Å². The number of β-lactam (4-membered cyclic amide) rings is 1. The number of hydrogen-bond acceptors (Lipinski definition) is 12. The van der Waals surface area contributed by atoms with Crippen molar-refractivity contribution in [1.82, 2.24) is 24.6 Å². The number of carboxylic acids is 1. The van der Waals surface area contributed by atoms with Crippen LogP contribution in [0.1, 0.15) is 24.4 Å². The van der Waals surface area contributed by atoms with Crippen LogP contribution in [-0.2, 0) is 14.4 Å². The number of carbonyl (C=O) groups excluding carboxylic acids is 2. The number of aliphatic carboxylic acids is 1. The number of amides is 2. The van der Waals surface area contributed by atoms with Crippen molar-refractivity contribution in [1.29, 1.82) is 0 Å². The van der Waals surface area contributed by atoms with E-state index in [0.29, 0.717) is 27.9 Å². The zero-order chi connectivity index (χ0) is 23.2.